The predicted molar refractivity (Wildman–Crippen MR) is 108 cm³/mol. The van der Waals surface area contributed by atoms with Gasteiger partial charge in [0.1, 0.15) is 5.60 Å². The van der Waals surface area contributed by atoms with E-state index in [1.165, 1.54) is 25.8 Å². The lowest BCUT2D eigenvalue weighted by Crippen LogP contribution is -2.55. The third kappa shape index (κ3) is 8.74. The van der Waals surface area contributed by atoms with Crippen LogP contribution in [0.5, 0.6) is 0 Å². The highest BCUT2D eigenvalue weighted by atomic mass is 16.6. The number of alkyl carbamates (subject to hydrolysis) is 1. The van der Waals surface area contributed by atoms with Crippen LogP contribution in [0, 0.1) is 0 Å². The Kier molecular flexibility index (Phi) is 8.67. The monoisotopic (exact) mass is 369 g/mol. The van der Waals surface area contributed by atoms with Crippen LogP contribution < -0.4 is 16.0 Å². The van der Waals surface area contributed by atoms with Gasteiger partial charge in [0.25, 0.3) is 0 Å². The Morgan fingerprint density at radius 2 is 1.88 bits per heavy atom. The summed E-state index contributed by atoms with van der Waals surface area (Å²) in [5.41, 5.74) is -0.962. The van der Waals surface area contributed by atoms with E-state index >= 15 is 0 Å². The fraction of sp³-hybridized carbons (Fsp3) is 0.895. The van der Waals surface area contributed by atoms with E-state index in [0.29, 0.717) is 12.6 Å². The van der Waals surface area contributed by atoms with E-state index in [-0.39, 0.29) is 0 Å². The van der Waals surface area contributed by atoms with Gasteiger partial charge in [0.2, 0.25) is 0 Å². The predicted octanol–water partition coefficient (Wildman–Crippen LogP) is 2.33. The number of rotatable bonds is 6. The molecule has 1 unspecified atom stereocenters. The number of guanidine groups is 1. The van der Waals surface area contributed by atoms with Gasteiger partial charge < -0.3 is 20.7 Å². The molecule has 0 spiro atoms. The average molecular weight is 370 g/mol. The number of likely N-dealkylation sites (N-methyl/N-ethyl adjacent to an activating group) is 1. The van der Waals surface area contributed by atoms with Crippen LogP contribution in [0.25, 0.3) is 0 Å². The number of amides is 1. The Balaban J connectivity index is 2.43. The minimum Gasteiger partial charge on any atom is -0.444 e. The summed E-state index contributed by atoms with van der Waals surface area (Å²) in [6.45, 7) is 15.4. The molecule has 1 fully saturated rings. The van der Waals surface area contributed by atoms with Crippen LogP contribution in [-0.2, 0) is 4.74 Å². The Morgan fingerprint density at radius 3 is 2.46 bits per heavy atom. The SMILES string of the molecule is CCN1CCCCC1CNC(=NC)NCC(C)(C)NC(=O)OC(C)(C)C. The lowest BCUT2D eigenvalue weighted by Gasteiger charge is -2.35. The van der Waals surface area contributed by atoms with E-state index in [9.17, 15) is 4.79 Å². The van der Waals surface area contributed by atoms with E-state index in [1.807, 2.05) is 34.6 Å². The molecule has 3 N–H and O–H groups in total. The molecule has 0 saturated carbocycles. The van der Waals surface area contributed by atoms with Crippen LogP contribution in [0.1, 0.15) is 60.8 Å². The summed E-state index contributed by atoms with van der Waals surface area (Å²) in [6, 6.07) is 0.556. The quantitative estimate of drug-likeness (QED) is 0.495. The van der Waals surface area contributed by atoms with E-state index in [0.717, 1.165) is 19.0 Å². The van der Waals surface area contributed by atoms with Gasteiger partial charge in [-0.15, -0.1) is 0 Å². The number of carbonyl (C=O) groups is 1. The third-order valence-corrected chi connectivity index (χ3v) is 4.42. The highest BCUT2D eigenvalue weighted by Gasteiger charge is 2.25. The first-order valence-corrected chi connectivity index (χ1v) is 9.76. The zero-order valence-corrected chi connectivity index (χ0v) is 17.7. The normalized spacial score (nSPS) is 19.8. The third-order valence-electron chi connectivity index (χ3n) is 4.42. The van der Waals surface area contributed by atoms with Crippen molar-refractivity contribution in [3.05, 3.63) is 0 Å². The maximum absolute atomic E-state index is 12.0. The highest BCUT2D eigenvalue weighted by Crippen LogP contribution is 2.15. The van der Waals surface area contributed by atoms with Gasteiger partial charge in [0.05, 0.1) is 5.54 Å². The summed E-state index contributed by atoms with van der Waals surface area (Å²) < 4.78 is 5.33. The van der Waals surface area contributed by atoms with Crippen LogP contribution in [0.4, 0.5) is 4.79 Å². The van der Waals surface area contributed by atoms with Gasteiger partial charge in [0, 0.05) is 26.2 Å². The molecule has 7 nitrogen and oxygen atoms in total. The van der Waals surface area contributed by atoms with Crippen molar-refractivity contribution < 1.29 is 9.53 Å². The van der Waals surface area contributed by atoms with Crippen LogP contribution in [0.2, 0.25) is 0 Å². The lowest BCUT2D eigenvalue weighted by molar-refractivity contribution is 0.0474. The van der Waals surface area contributed by atoms with Gasteiger partial charge in [0.15, 0.2) is 5.96 Å². The first kappa shape index (κ1) is 22.5. The van der Waals surface area contributed by atoms with Crippen molar-refractivity contribution >= 4 is 12.1 Å². The zero-order chi connectivity index (χ0) is 19.8. The van der Waals surface area contributed by atoms with Crippen molar-refractivity contribution in [2.24, 2.45) is 4.99 Å². The molecule has 1 heterocycles. The smallest absolute Gasteiger partial charge is 0.408 e. The van der Waals surface area contributed by atoms with Crippen molar-refractivity contribution in [2.45, 2.75) is 78.0 Å². The number of piperidine rings is 1. The largest absolute Gasteiger partial charge is 0.444 e. The van der Waals surface area contributed by atoms with Crippen LogP contribution >= 0.6 is 0 Å². The fourth-order valence-electron chi connectivity index (χ4n) is 3.07. The Morgan fingerprint density at radius 1 is 1.19 bits per heavy atom. The second-order valence-electron chi connectivity index (χ2n) is 8.60. The molecule has 1 atom stereocenters. The van der Waals surface area contributed by atoms with Crippen LogP contribution in [-0.4, -0.2) is 67.4 Å². The molecule has 0 radical (unpaired) electrons. The number of carbonyl (C=O) groups excluding carboxylic acids is 1. The lowest BCUT2D eigenvalue weighted by atomic mass is 10.0. The topological polar surface area (TPSA) is 78.0 Å². The maximum atomic E-state index is 12.0. The Bertz CT molecular complexity index is 471. The summed E-state index contributed by atoms with van der Waals surface area (Å²) in [5.74, 6) is 0.755. The molecular formula is C19H39N5O2. The van der Waals surface area contributed by atoms with Crippen molar-refractivity contribution in [2.75, 3.05) is 33.2 Å². The van der Waals surface area contributed by atoms with Crippen molar-refractivity contribution in [3.8, 4) is 0 Å². The van der Waals surface area contributed by atoms with Gasteiger partial charge >= 0.3 is 6.09 Å². The minimum absolute atomic E-state index is 0.409. The first-order valence-electron chi connectivity index (χ1n) is 9.76. The molecule has 0 aromatic carbocycles. The number of ether oxygens (including phenoxy) is 1. The summed E-state index contributed by atoms with van der Waals surface area (Å²) in [7, 11) is 1.77. The standard InChI is InChI=1S/C19H39N5O2/c1-8-24-12-10-9-11-15(24)13-21-16(20-7)22-14-19(5,6)23-17(25)26-18(2,3)4/h15H,8-14H2,1-7H3,(H,23,25)(H2,20,21,22). The van der Waals surface area contributed by atoms with Crippen molar-refractivity contribution in [3.63, 3.8) is 0 Å². The fourth-order valence-corrected chi connectivity index (χ4v) is 3.07. The van der Waals surface area contributed by atoms with Gasteiger partial charge in [-0.1, -0.05) is 13.3 Å². The molecular weight excluding hydrogens is 330 g/mol. The van der Waals surface area contributed by atoms with Crippen LogP contribution in [0.3, 0.4) is 0 Å². The zero-order valence-electron chi connectivity index (χ0n) is 17.7. The van der Waals surface area contributed by atoms with Gasteiger partial charge in [-0.05, 0) is 60.5 Å². The van der Waals surface area contributed by atoms with Gasteiger partial charge in [-0.2, -0.15) is 0 Å². The number of likely N-dealkylation sites (tertiary alicyclic amines) is 1. The molecule has 0 aromatic rings. The molecule has 0 aromatic heterocycles. The number of aliphatic imine (C=N–C) groups is 1. The maximum Gasteiger partial charge on any atom is 0.408 e. The molecule has 26 heavy (non-hydrogen) atoms. The van der Waals surface area contributed by atoms with E-state index in [4.69, 9.17) is 4.74 Å². The van der Waals surface area contributed by atoms with Crippen LogP contribution in [0.15, 0.2) is 4.99 Å². The molecule has 1 rings (SSSR count). The highest BCUT2D eigenvalue weighted by molar-refractivity contribution is 5.79. The van der Waals surface area contributed by atoms with Crippen molar-refractivity contribution in [1.82, 2.24) is 20.9 Å². The molecule has 1 aliphatic heterocycles. The average Bonchev–Trinajstić information content (AvgIpc) is 2.52. The number of hydrogen-bond acceptors (Lipinski definition) is 4. The Labute approximate surface area is 159 Å². The molecule has 0 bridgehead atoms. The van der Waals surface area contributed by atoms with E-state index in [1.54, 1.807) is 7.05 Å². The summed E-state index contributed by atoms with van der Waals surface area (Å²) in [4.78, 5) is 18.8. The molecule has 1 saturated heterocycles. The summed E-state index contributed by atoms with van der Waals surface area (Å²) in [6.07, 6.45) is 3.40. The Hall–Kier alpha value is -1.50. The number of nitrogens with one attached hydrogen (secondary N) is 3. The minimum atomic E-state index is -0.504. The first-order chi connectivity index (χ1) is 12.1. The molecule has 7 heteroatoms. The molecule has 1 aliphatic rings. The number of hydrogen-bond donors (Lipinski definition) is 3. The van der Waals surface area contributed by atoms with E-state index in [2.05, 4.69) is 32.8 Å². The summed E-state index contributed by atoms with van der Waals surface area (Å²) >= 11 is 0. The second-order valence-corrected chi connectivity index (χ2v) is 8.60. The van der Waals surface area contributed by atoms with Gasteiger partial charge in [-0.25, -0.2) is 4.79 Å². The second kappa shape index (κ2) is 10.00. The van der Waals surface area contributed by atoms with Gasteiger partial charge in [-0.3, -0.25) is 9.89 Å². The van der Waals surface area contributed by atoms with Crippen molar-refractivity contribution in [1.29, 1.82) is 0 Å². The van der Waals surface area contributed by atoms with E-state index < -0.39 is 17.2 Å². The number of nitrogens with zero attached hydrogens (tertiary/aromatic N) is 2. The molecule has 0 aliphatic carbocycles. The molecule has 152 valence electrons. The molecule has 1 amide bonds. The summed E-state index contributed by atoms with van der Waals surface area (Å²) in [5, 5.41) is 9.62.